The molecule has 1 aliphatic heterocycles. The zero-order valence-electron chi connectivity index (χ0n) is 14.4. The monoisotopic (exact) mass is 392 g/mol. The first-order chi connectivity index (χ1) is 13.3. The fraction of sp³-hybridized carbons (Fsp3) is 0.158. The molecule has 0 aliphatic carbocycles. The quantitative estimate of drug-likeness (QED) is 0.739. The van der Waals surface area contributed by atoms with E-state index >= 15 is 0 Å². The summed E-state index contributed by atoms with van der Waals surface area (Å²) in [6.45, 7) is -0.639. The minimum absolute atomic E-state index is 0.0426. The molecule has 2 aromatic carbocycles. The van der Waals surface area contributed by atoms with Crippen LogP contribution in [-0.2, 0) is 15.8 Å². The number of alkyl halides is 3. The highest BCUT2D eigenvalue weighted by molar-refractivity contribution is 6.17. The first-order valence-corrected chi connectivity index (χ1v) is 8.19. The lowest BCUT2D eigenvalue weighted by Gasteiger charge is -2.17. The maximum absolute atomic E-state index is 13.1. The van der Waals surface area contributed by atoms with Crippen LogP contribution in [0.2, 0.25) is 0 Å². The van der Waals surface area contributed by atoms with Crippen LogP contribution in [0.1, 0.15) is 5.56 Å². The zero-order valence-corrected chi connectivity index (χ0v) is 14.4. The van der Waals surface area contributed by atoms with Crippen LogP contribution in [-0.4, -0.2) is 35.0 Å². The van der Waals surface area contributed by atoms with E-state index in [1.165, 1.54) is 0 Å². The molecule has 1 heterocycles. The molecule has 28 heavy (non-hydrogen) atoms. The Morgan fingerprint density at radius 3 is 2.43 bits per heavy atom. The van der Waals surface area contributed by atoms with Gasteiger partial charge in [0.15, 0.2) is 5.75 Å². The number of benzene rings is 2. The third-order valence-corrected chi connectivity index (χ3v) is 3.88. The summed E-state index contributed by atoms with van der Waals surface area (Å²) < 4.78 is 44.9. The lowest BCUT2D eigenvalue weighted by atomic mass is 10.1. The molecular weight excluding hydrogens is 377 g/mol. The average Bonchev–Trinajstić information content (AvgIpc) is 2.91. The Kier molecular flexibility index (Phi) is 5.36. The van der Waals surface area contributed by atoms with Crippen molar-refractivity contribution in [3.8, 4) is 11.5 Å². The summed E-state index contributed by atoms with van der Waals surface area (Å²) in [6, 6.07) is 11.2. The average molecular weight is 392 g/mol. The predicted octanol–water partition coefficient (Wildman–Crippen LogP) is 3.15. The molecule has 9 heteroatoms. The lowest BCUT2D eigenvalue weighted by Crippen LogP contribution is -2.34. The molecule has 0 saturated carbocycles. The molecule has 0 aromatic heterocycles. The number of anilines is 1. The minimum Gasteiger partial charge on any atom is -0.455 e. The molecule has 1 aliphatic rings. The molecule has 0 unspecified atom stereocenters. The molecule has 0 spiro atoms. The lowest BCUT2D eigenvalue weighted by molar-refractivity contribution is -0.138. The Balaban J connectivity index is 1.94. The smallest absolute Gasteiger partial charge is 0.416 e. The van der Waals surface area contributed by atoms with Crippen LogP contribution in [0.15, 0.2) is 60.3 Å². The van der Waals surface area contributed by atoms with E-state index in [1.54, 1.807) is 30.3 Å². The van der Waals surface area contributed by atoms with Gasteiger partial charge in [-0.05, 0) is 30.3 Å². The molecular formula is C19H15F3N2O4. The summed E-state index contributed by atoms with van der Waals surface area (Å²) in [5.74, 6) is -0.989. The van der Waals surface area contributed by atoms with Crippen molar-refractivity contribution >= 4 is 17.5 Å². The number of halogens is 3. The molecule has 0 saturated heterocycles. The van der Waals surface area contributed by atoms with E-state index in [4.69, 9.17) is 9.84 Å². The summed E-state index contributed by atoms with van der Waals surface area (Å²) in [5.41, 5.74) is -1.28. The van der Waals surface area contributed by atoms with Gasteiger partial charge in [-0.15, -0.1) is 0 Å². The molecule has 0 atom stereocenters. The number of hydrogen-bond donors (Lipinski definition) is 2. The summed E-state index contributed by atoms with van der Waals surface area (Å²) in [7, 11) is 0. The summed E-state index contributed by atoms with van der Waals surface area (Å²) in [6.07, 6.45) is -3.64. The molecule has 3 rings (SSSR count). The Labute approximate surface area is 157 Å². The number of hydrogen-bond acceptors (Lipinski definition) is 5. The number of carbonyl (C=O) groups excluding carboxylic acids is 2. The molecule has 0 fully saturated rings. The van der Waals surface area contributed by atoms with Crippen molar-refractivity contribution in [2.24, 2.45) is 0 Å². The number of rotatable bonds is 6. The van der Waals surface area contributed by atoms with Gasteiger partial charge >= 0.3 is 6.18 Å². The second kappa shape index (κ2) is 7.73. The molecule has 0 bridgehead atoms. The van der Waals surface area contributed by atoms with Gasteiger partial charge in [-0.25, -0.2) is 0 Å². The number of para-hydroxylation sites is 1. The fourth-order valence-electron chi connectivity index (χ4n) is 2.56. The first-order valence-electron chi connectivity index (χ1n) is 8.19. The number of β-amino-alcohol motifs (C(OH)–C–C–N with tert-alkyl or cyclic N) is 1. The standard InChI is InChI=1S/C19H15F3N2O4/c20-19(21,22)12-6-7-16(28-13-4-2-1-3-5-13)14(10-12)23-15-11-17(26)24(8-9-25)18(15)27/h1-7,10-11,23,25H,8-9H2. The summed E-state index contributed by atoms with van der Waals surface area (Å²) >= 11 is 0. The van der Waals surface area contributed by atoms with E-state index in [0.29, 0.717) is 5.75 Å². The van der Waals surface area contributed by atoms with Gasteiger partial charge in [0.2, 0.25) is 0 Å². The van der Waals surface area contributed by atoms with Crippen molar-refractivity contribution in [1.82, 2.24) is 4.90 Å². The number of imide groups is 1. The molecule has 6 nitrogen and oxygen atoms in total. The molecule has 2 aromatic rings. The second-order valence-corrected chi connectivity index (χ2v) is 5.83. The topological polar surface area (TPSA) is 78.9 Å². The number of carbonyl (C=O) groups is 2. The van der Waals surface area contributed by atoms with Crippen LogP contribution >= 0.6 is 0 Å². The van der Waals surface area contributed by atoms with E-state index in [1.807, 2.05) is 0 Å². The largest absolute Gasteiger partial charge is 0.455 e. The third kappa shape index (κ3) is 4.15. The highest BCUT2D eigenvalue weighted by Gasteiger charge is 2.33. The zero-order chi connectivity index (χ0) is 20.3. The van der Waals surface area contributed by atoms with E-state index in [0.717, 1.165) is 29.2 Å². The number of aliphatic hydroxyl groups excluding tert-OH is 1. The minimum atomic E-state index is -4.60. The van der Waals surface area contributed by atoms with Crippen molar-refractivity contribution < 1.29 is 32.6 Å². The molecule has 2 N–H and O–H groups in total. The fourth-order valence-corrected chi connectivity index (χ4v) is 2.56. The van der Waals surface area contributed by atoms with E-state index in [9.17, 15) is 22.8 Å². The van der Waals surface area contributed by atoms with Gasteiger partial charge in [0.25, 0.3) is 11.8 Å². The maximum Gasteiger partial charge on any atom is 0.416 e. The van der Waals surface area contributed by atoms with Crippen LogP contribution in [0.25, 0.3) is 0 Å². The van der Waals surface area contributed by atoms with Gasteiger partial charge in [0, 0.05) is 6.08 Å². The molecule has 2 amide bonds. The molecule has 146 valence electrons. The van der Waals surface area contributed by atoms with Crippen molar-refractivity contribution in [3.63, 3.8) is 0 Å². The Morgan fingerprint density at radius 2 is 1.79 bits per heavy atom. The van der Waals surface area contributed by atoms with Crippen molar-refractivity contribution in [2.45, 2.75) is 6.18 Å². The number of nitrogens with zero attached hydrogens (tertiary/aromatic N) is 1. The van der Waals surface area contributed by atoms with Crippen LogP contribution in [0.3, 0.4) is 0 Å². The highest BCUT2D eigenvalue weighted by Crippen LogP contribution is 2.37. The Morgan fingerprint density at radius 1 is 1.07 bits per heavy atom. The predicted molar refractivity (Wildman–Crippen MR) is 93.5 cm³/mol. The maximum atomic E-state index is 13.1. The van der Waals surface area contributed by atoms with Crippen LogP contribution < -0.4 is 10.1 Å². The van der Waals surface area contributed by atoms with Gasteiger partial charge in [0.05, 0.1) is 24.4 Å². The van der Waals surface area contributed by atoms with Gasteiger partial charge < -0.3 is 15.2 Å². The SMILES string of the molecule is O=C1C=C(Nc2cc(C(F)(F)F)ccc2Oc2ccccc2)C(=O)N1CCO. The second-order valence-electron chi connectivity index (χ2n) is 5.83. The first kappa shape index (κ1) is 19.4. The normalized spacial score (nSPS) is 14.3. The van der Waals surface area contributed by atoms with E-state index in [-0.39, 0.29) is 23.7 Å². The van der Waals surface area contributed by atoms with Gasteiger partial charge in [-0.2, -0.15) is 13.2 Å². The number of ether oxygens (including phenoxy) is 1. The van der Waals surface area contributed by atoms with Crippen LogP contribution in [0.5, 0.6) is 11.5 Å². The van der Waals surface area contributed by atoms with Crippen molar-refractivity contribution in [1.29, 1.82) is 0 Å². The van der Waals surface area contributed by atoms with Crippen molar-refractivity contribution in [2.75, 3.05) is 18.5 Å². The third-order valence-electron chi connectivity index (χ3n) is 3.88. The van der Waals surface area contributed by atoms with Crippen LogP contribution in [0.4, 0.5) is 18.9 Å². The highest BCUT2D eigenvalue weighted by atomic mass is 19.4. The Bertz CT molecular complexity index is 927. The van der Waals surface area contributed by atoms with Gasteiger partial charge in [-0.1, -0.05) is 18.2 Å². The van der Waals surface area contributed by atoms with E-state index < -0.39 is 30.2 Å². The van der Waals surface area contributed by atoms with E-state index in [2.05, 4.69) is 5.32 Å². The van der Waals surface area contributed by atoms with Crippen molar-refractivity contribution in [3.05, 3.63) is 65.9 Å². The van der Waals surface area contributed by atoms with Gasteiger partial charge in [-0.3, -0.25) is 14.5 Å². The molecule has 0 radical (unpaired) electrons. The number of aliphatic hydroxyl groups is 1. The Hall–Kier alpha value is -3.33. The summed E-state index contributed by atoms with van der Waals surface area (Å²) in [4.78, 5) is 24.9. The summed E-state index contributed by atoms with van der Waals surface area (Å²) in [5, 5.41) is 11.5. The number of nitrogens with one attached hydrogen (secondary N) is 1. The van der Waals surface area contributed by atoms with Crippen LogP contribution in [0, 0.1) is 0 Å². The number of amides is 2. The van der Waals surface area contributed by atoms with Gasteiger partial charge in [0.1, 0.15) is 11.4 Å².